The van der Waals surface area contributed by atoms with Crippen LogP contribution in [-0.4, -0.2) is 28.6 Å². The predicted octanol–water partition coefficient (Wildman–Crippen LogP) is 3.50. The van der Waals surface area contributed by atoms with E-state index >= 15 is 0 Å². The fourth-order valence-corrected chi connectivity index (χ4v) is 1.82. The third-order valence-corrected chi connectivity index (χ3v) is 4.06. The summed E-state index contributed by atoms with van der Waals surface area (Å²) in [6, 6.07) is 8.47. The fraction of sp³-hybridized carbons (Fsp3) is 0.562. The summed E-state index contributed by atoms with van der Waals surface area (Å²) in [5, 5.41) is 9.20. The van der Waals surface area contributed by atoms with Crippen LogP contribution >= 0.6 is 0 Å². The number of nitrogens with zero attached hydrogens (tertiary/aromatic N) is 1. The second kappa shape index (κ2) is 6.20. The molecule has 0 fully saturated rings. The number of benzene rings is 1. The van der Waals surface area contributed by atoms with Crippen LogP contribution in [0.1, 0.15) is 51.2 Å². The van der Waals surface area contributed by atoms with Crippen LogP contribution in [0.2, 0.25) is 0 Å². The van der Waals surface area contributed by atoms with Gasteiger partial charge in [-0.15, -0.1) is 0 Å². The molecular formula is C16H25NO2. The van der Waals surface area contributed by atoms with Crippen molar-refractivity contribution in [3.63, 3.8) is 0 Å². The molecule has 19 heavy (non-hydrogen) atoms. The van der Waals surface area contributed by atoms with Crippen LogP contribution in [0.15, 0.2) is 24.3 Å². The molecule has 106 valence electrons. The van der Waals surface area contributed by atoms with Crippen molar-refractivity contribution in [1.82, 2.24) is 4.90 Å². The maximum Gasteiger partial charge on any atom is 0.323 e. The highest BCUT2D eigenvalue weighted by Gasteiger charge is 2.31. The molecule has 3 nitrogen and oxygen atoms in total. The molecule has 0 amide bonds. The van der Waals surface area contributed by atoms with Crippen molar-refractivity contribution in [2.24, 2.45) is 0 Å². The first-order valence-electron chi connectivity index (χ1n) is 6.82. The Balaban J connectivity index is 2.76. The van der Waals surface area contributed by atoms with Crippen LogP contribution in [0.25, 0.3) is 0 Å². The summed E-state index contributed by atoms with van der Waals surface area (Å²) in [7, 11) is 1.84. The quantitative estimate of drug-likeness (QED) is 0.854. The standard InChI is InChI=1S/C16H25NO2/c1-6-12(2)14-9-7-13(8-10-14)11-17(5)16(3,4)15(18)19/h7-10,12H,6,11H2,1-5H3,(H,18,19). The van der Waals surface area contributed by atoms with E-state index < -0.39 is 11.5 Å². The number of hydrogen-bond acceptors (Lipinski definition) is 2. The summed E-state index contributed by atoms with van der Waals surface area (Å²) >= 11 is 0. The van der Waals surface area contributed by atoms with Crippen LogP contribution in [0, 0.1) is 0 Å². The lowest BCUT2D eigenvalue weighted by Crippen LogP contribution is -2.47. The van der Waals surface area contributed by atoms with E-state index in [0.29, 0.717) is 12.5 Å². The molecule has 0 aliphatic heterocycles. The molecule has 1 aromatic carbocycles. The second-order valence-corrected chi connectivity index (χ2v) is 5.77. The Morgan fingerprint density at radius 3 is 2.26 bits per heavy atom. The molecule has 0 saturated heterocycles. The molecular weight excluding hydrogens is 238 g/mol. The van der Waals surface area contributed by atoms with Gasteiger partial charge >= 0.3 is 5.97 Å². The van der Waals surface area contributed by atoms with Crippen molar-refractivity contribution in [1.29, 1.82) is 0 Å². The molecule has 0 aromatic heterocycles. The number of aliphatic carboxylic acids is 1. The number of hydrogen-bond donors (Lipinski definition) is 1. The van der Waals surface area contributed by atoms with Gasteiger partial charge in [-0.1, -0.05) is 38.1 Å². The first kappa shape index (κ1) is 15.7. The van der Waals surface area contributed by atoms with E-state index in [1.807, 2.05) is 11.9 Å². The van der Waals surface area contributed by atoms with Crippen LogP contribution in [0.5, 0.6) is 0 Å². The van der Waals surface area contributed by atoms with Crippen molar-refractivity contribution in [2.45, 2.75) is 52.1 Å². The van der Waals surface area contributed by atoms with Gasteiger partial charge in [-0.3, -0.25) is 9.69 Å². The zero-order chi connectivity index (χ0) is 14.6. The minimum absolute atomic E-state index is 0.572. The zero-order valence-electron chi connectivity index (χ0n) is 12.6. The molecule has 0 radical (unpaired) electrons. The Hall–Kier alpha value is -1.35. The molecule has 1 rings (SSSR count). The monoisotopic (exact) mass is 263 g/mol. The van der Waals surface area contributed by atoms with Crippen molar-refractivity contribution in [3.05, 3.63) is 35.4 Å². The molecule has 0 bridgehead atoms. The molecule has 1 aromatic rings. The minimum Gasteiger partial charge on any atom is -0.480 e. The zero-order valence-corrected chi connectivity index (χ0v) is 12.6. The Labute approximate surface area is 116 Å². The van der Waals surface area contributed by atoms with Crippen LogP contribution in [-0.2, 0) is 11.3 Å². The molecule has 3 heteroatoms. The summed E-state index contributed by atoms with van der Waals surface area (Å²) in [5.74, 6) is -0.228. The lowest BCUT2D eigenvalue weighted by molar-refractivity contribution is -0.148. The molecule has 1 atom stereocenters. The van der Waals surface area contributed by atoms with Gasteiger partial charge in [-0.2, -0.15) is 0 Å². The first-order chi connectivity index (χ1) is 8.78. The Morgan fingerprint density at radius 2 is 1.84 bits per heavy atom. The molecule has 1 unspecified atom stereocenters. The minimum atomic E-state index is -0.852. The Kier molecular flexibility index (Phi) is 5.12. The summed E-state index contributed by atoms with van der Waals surface area (Å²) in [4.78, 5) is 13.0. The SMILES string of the molecule is CCC(C)c1ccc(CN(C)C(C)(C)C(=O)O)cc1. The second-order valence-electron chi connectivity index (χ2n) is 5.77. The molecule has 0 aliphatic rings. The normalized spacial score (nSPS) is 13.6. The maximum absolute atomic E-state index is 11.2. The number of carboxylic acids is 1. The third kappa shape index (κ3) is 3.80. The van der Waals surface area contributed by atoms with E-state index in [-0.39, 0.29) is 0 Å². The highest BCUT2D eigenvalue weighted by Crippen LogP contribution is 2.21. The highest BCUT2D eigenvalue weighted by molar-refractivity contribution is 5.77. The summed E-state index contributed by atoms with van der Waals surface area (Å²) in [6.07, 6.45) is 1.13. The van der Waals surface area contributed by atoms with E-state index in [9.17, 15) is 9.90 Å². The molecule has 0 spiro atoms. The predicted molar refractivity (Wildman–Crippen MR) is 78.3 cm³/mol. The Bertz CT molecular complexity index is 423. The van der Waals surface area contributed by atoms with Gasteiger partial charge < -0.3 is 5.11 Å². The average Bonchev–Trinajstić information content (AvgIpc) is 2.38. The van der Waals surface area contributed by atoms with E-state index in [4.69, 9.17) is 0 Å². The lowest BCUT2D eigenvalue weighted by Gasteiger charge is -2.31. The number of rotatable bonds is 6. The highest BCUT2D eigenvalue weighted by atomic mass is 16.4. The lowest BCUT2D eigenvalue weighted by atomic mass is 9.97. The van der Waals surface area contributed by atoms with E-state index in [1.165, 1.54) is 5.56 Å². The number of likely N-dealkylation sites (N-methyl/N-ethyl adjacent to an activating group) is 1. The van der Waals surface area contributed by atoms with Gasteiger partial charge in [0.15, 0.2) is 0 Å². The average molecular weight is 263 g/mol. The molecule has 0 saturated carbocycles. The summed E-state index contributed by atoms with van der Waals surface area (Å²) in [5.41, 5.74) is 1.63. The summed E-state index contributed by atoms with van der Waals surface area (Å²) < 4.78 is 0. The van der Waals surface area contributed by atoms with Gasteiger partial charge in [0, 0.05) is 6.54 Å². The smallest absolute Gasteiger partial charge is 0.323 e. The number of carboxylic acid groups (broad SMARTS) is 1. The molecule has 0 aliphatic carbocycles. The molecule has 0 heterocycles. The maximum atomic E-state index is 11.2. The van der Waals surface area contributed by atoms with Crippen molar-refractivity contribution in [2.75, 3.05) is 7.05 Å². The topological polar surface area (TPSA) is 40.5 Å². The van der Waals surface area contributed by atoms with Gasteiger partial charge in [-0.25, -0.2) is 0 Å². The van der Waals surface area contributed by atoms with Crippen molar-refractivity contribution >= 4 is 5.97 Å². The first-order valence-corrected chi connectivity index (χ1v) is 6.82. The van der Waals surface area contributed by atoms with Gasteiger partial charge in [0.2, 0.25) is 0 Å². The van der Waals surface area contributed by atoms with Crippen LogP contribution < -0.4 is 0 Å². The molecule has 1 N–H and O–H groups in total. The fourth-order valence-electron chi connectivity index (χ4n) is 1.82. The summed E-state index contributed by atoms with van der Waals surface area (Å²) in [6.45, 7) is 8.49. The van der Waals surface area contributed by atoms with Gasteiger partial charge in [0.05, 0.1) is 0 Å². The third-order valence-electron chi connectivity index (χ3n) is 4.06. The number of carbonyl (C=O) groups is 1. The van der Waals surface area contributed by atoms with Crippen LogP contribution in [0.4, 0.5) is 0 Å². The van der Waals surface area contributed by atoms with E-state index in [2.05, 4.69) is 38.1 Å². The van der Waals surface area contributed by atoms with Crippen LogP contribution in [0.3, 0.4) is 0 Å². The van der Waals surface area contributed by atoms with Crippen molar-refractivity contribution in [3.8, 4) is 0 Å². The van der Waals surface area contributed by atoms with Gasteiger partial charge in [0.1, 0.15) is 5.54 Å². The Morgan fingerprint density at radius 1 is 1.32 bits per heavy atom. The van der Waals surface area contributed by atoms with Gasteiger partial charge in [0.25, 0.3) is 0 Å². The van der Waals surface area contributed by atoms with Gasteiger partial charge in [-0.05, 0) is 44.4 Å². The van der Waals surface area contributed by atoms with Crippen molar-refractivity contribution < 1.29 is 9.90 Å². The van der Waals surface area contributed by atoms with E-state index in [1.54, 1.807) is 13.8 Å². The largest absolute Gasteiger partial charge is 0.480 e. The van der Waals surface area contributed by atoms with E-state index in [0.717, 1.165) is 12.0 Å².